The largest absolute Gasteiger partial charge is 0.368 e. The van der Waals surface area contributed by atoms with Crippen LogP contribution < -0.4 is 10.2 Å². The van der Waals surface area contributed by atoms with Gasteiger partial charge in [-0.3, -0.25) is 0 Å². The zero-order valence-corrected chi connectivity index (χ0v) is 8.90. The van der Waals surface area contributed by atoms with E-state index in [9.17, 15) is 0 Å². The number of anilines is 1. The van der Waals surface area contributed by atoms with Crippen LogP contribution in [0.25, 0.3) is 0 Å². The Labute approximate surface area is 85.9 Å². The Morgan fingerprint density at radius 1 is 1.07 bits per heavy atom. The van der Waals surface area contributed by atoms with Gasteiger partial charge in [0.2, 0.25) is 0 Å². The quantitative estimate of drug-likeness (QED) is 0.727. The lowest BCUT2D eigenvalue weighted by molar-refractivity contribution is 0.407. The summed E-state index contributed by atoms with van der Waals surface area (Å²) in [6.07, 6.45) is 0. The fourth-order valence-electron chi connectivity index (χ4n) is 2.18. The van der Waals surface area contributed by atoms with Crippen LogP contribution in [0.3, 0.4) is 0 Å². The number of hydrogen-bond acceptors (Lipinski definition) is 2. The van der Waals surface area contributed by atoms with Gasteiger partial charge in [0.1, 0.15) is 0 Å². The first kappa shape index (κ1) is 9.53. The van der Waals surface area contributed by atoms with Crippen LogP contribution in [0.1, 0.15) is 13.8 Å². The Morgan fingerprint density at radius 3 is 2.21 bits per heavy atom. The van der Waals surface area contributed by atoms with Crippen LogP contribution in [0, 0.1) is 0 Å². The SMILES string of the molecule is CC1CN(c2ccccc2)CC(C)N1. The van der Waals surface area contributed by atoms with Crippen LogP contribution in [-0.4, -0.2) is 25.2 Å². The Hall–Kier alpha value is -1.02. The molecule has 1 aromatic rings. The highest BCUT2D eigenvalue weighted by atomic mass is 15.2. The second kappa shape index (κ2) is 4.01. The molecule has 2 heteroatoms. The molecule has 2 nitrogen and oxygen atoms in total. The third-order valence-electron chi connectivity index (χ3n) is 2.68. The molecule has 76 valence electrons. The fraction of sp³-hybridized carbons (Fsp3) is 0.500. The van der Waals surface area contributed by atoms with Crippen molar-refractivity contribution in [1.82, 2.24) is 5.32 Å². The van der Waals surface area contributed by atoms with Gasteiger partial charge in [0.15, 0.2) is 0 Å². The molecule has 0 aromatic heterocycles. The Morgan fingerprint density at radius 2 is 1.64 bits per heavy atom. The van der Waals surface area contributed by atoms with E-state index >= 15 is 0 Å². The van der Waals surface area contributed by atoms with Crippen LogP contribution in [0.5, 0.6) is 0 Å². The summed E-state index contributed by atoms with van der Waals surface area (Å²) in [5.41, 5.74) is 1.34. The molecule has 1 heterocycles. The fourth-order valence-corrected chi connectivity index (χ4v) is 2.18. The molecular formula is C12H18N2. The minimum Gasteiger partial charge on any atom is -0.368 e. The van der Waals surface area contributed by atoms with Crippen molar-refractivity contribution >= 4 is 5.69 Å². The van der Waals surface area contributed by atoms with E-state index in [0.717, 1.165) is 13.1 Å². The van der Waals surface area contributed by atoms with Crippen LogP contribution >= 0.6 is 0 Å². The minimum absolute atomic E-state index is 0.582. The summed E-state index contributed by atoms with van der Waals surface area (Å²) in [6, 6.07) is 11.8. The molecule has 2 unspecified atom stereocenters. The highest BCUT2D eigenvalue weighted by Crippen LogP contribution is 2.16. The molecule has 0 radical (unpaired) electrons. The topological polar surface area (TPSA) is 15.3 Å². The van der Waals surface area contributed by atoms with Gasteiger partial charge in [-0.05, 0) is 26.0 Å². The Balaban J connectivity index is 2.11. The van der Waals surface area contributed by atoms with E-state index < -0.39 is 0 Å². The van der Waals surface area contributed by atoms with Crippen molar-refractivity contribution in [2.45, 2.75) is 25.9 Å². The maximum atomic E-state index is 3.54. The van der Waals surface area contributed by atoms with Gasteiger partial charge in [0.05, 0.1) is 0 Å². The summed E-state index contributed by atoms with van der Waals surface area (Å²) in [5, 5.41) is 3.54. The molecule has 0 bridgehead atoms. The Kier molecular flexibility index (Phi) is 2.73. The zero-order valence-electron chi connectivity index (χ0n) is 8.90. The molecule has 1 saturated heterocycles. The maximum absolute atomic E-state index is 3.54. The first-order chi connectivity index (χ1) is 6.75. The van der Waals surface area contributed by atoms with Gasteiger partial charge >= 0.3 is 0 Å². The van der Waals surface area contributed by atoms with E-state index in [1.54, 1.807) is 0 Å². The standard InChI is InChI=1S/C12H18N2/c1-10-8-14(9-11(2)13-10)12-6-4-3-5-7-12/h3-7,10-11,13H,8-9H2,1-2H3. The highest BCUT2D eigenvalue weighted by molar-refractivity contribution is 5.46. The smallest absolute Gasteiger partial charge is 0.0367 e. The molecule has 1 fully saturated rings. The molecule has 2 atom stereocenters. The van der Waals surface area contributed by atoms with E-state index in [1.165, 1.54) is 5.69 Å². The summed E-state index contributed by atoms with van der Waals surface area (Å²) in [4.78, 5) is 2.45. The number of para-hydroxylation sites is 1. The molecule has 0 aliphatic carbocycles. The lowest BCUT2D eigenvalue weighted by Gasteiger charge is -2.37. The highest BCUT2D eigenvalue weighted by Gasteiger charge is 2.20. The Bertz CT molecular complexity index is 274. The summed E-state index contributed by atoms with van der Waals surface area (Å²) in [7, 11) is 0. The predicted molar refractivity (Wildman–Crippen MR) is 60.7 cm³/mol. The van der Waals surface area contributed by atoms with Gasteiger partial charge in [0.25, 0.3) is 0 Å². The van der Waals surface area contributed by atoms with Gasteiger partial charge in [-0.1, -0.05) is 18.2 Å². The zero-order chi connectivity index (χ0) is 9.97. The van der Waals surface area contributed by atoms with E-state index in [1.807, 2.05) is 0 Å². The van der Waals surface area contributed by atoms with Crippen LogP contribution in [0.4, 0.5) is 5.69 Å². The van der Waals surface area contributed by atoms with Crippen LogP contribution in [0.2, 0.25) is 0 Å². The lowest BCUT2D eigenvalue weighted by Crippen LogP contribution is -2.54. The molecule has 0 spiro atoms. The average molecular weight is 190 g/mol. The van der Waals surface area contributed by atoms with Crippen molar-refractivity contribution in [2.75, 3.05) is 18.0 Å². The van der Waals surface area contributed by atoms with Gasteiger partial charge in [-0.25, -0.2) is 0 Å². The molecule has 0 saturated carbocycles. The van der Waals surface area contributed by atoms with Crippen molar-refractivity contribution in [3.05, 3.63) is 30.3 Å². The van der Waals surface area contributed by atoms with E-state index in [-0.39, 0.29) is 0 Å². The van der Waals surface area contributed by atoms with Crippen molar-refractivity contribution < 1.29 is 0 Å². The molecular weight excluding hydrogens is 172 g/mol. The van der Waals surface area contributed by atoms with Gasteiger partial charge < -0.3 is 10.2 Å². The third kappa shape index (κ3) is 2.07. The second-order valence-electron chi connectivity index (χ2n) is 4.21. The normalized spacial score (nSPS) is 27.7. The number of piperazine rings is 1. The van der Waals surface area contributed by atoms with Crippen molar-refractivity contribution in [2.24, 2.45) is 0 Å². The summed E-state index contributed by atoms with van der Waals surface area (Å²) in [5.74, 6) is 0. The second-order valence-corrected chi connectivity index (χ2v) is 4.21. The maximum Gasteiger partial charge on any atom is 0.0367 e. The van der Waals surface area contributed by atoms with Crippen molar-refractivity contribution in [3.63, 3.8) is 0 Å². The predicted octanol–water partition coefficient (Wildman–Crippen LogP) is 1.87. The number of nitrogens with zero attached hydrogens (tertiary/aromatic N) is 1. The number of benzene rings is 1. The van der Waals surface area contributed by atoms with Gasteiger partial charge in [-0.15, -0.1) is 0 Å². The number of rotatable bonds is 1. The third-order valence-corrected chi connectivity index (χ3v) is 2.68. The van der Waals surface area contributed by atoms with Crippen LogP contribution in [0.15, 0.2) is 30.3 Å². The van der Waals surface area contributed by atoms with Crippen molar-refractivity contribution in [1.29, 1.82) is 0 Å². The molecule has 0 amide bonds. The molecule has 1 aromatic carbocycles. The summed E-state index contributed by atoms with van der Waals surface area (Å²) >= 11 is 0. The van der Waals surface area contributed by atoms with E-state index in [0.29, 0.717) is 12.1 Å². The number of hydrogen-bond donors (Lipinski definition) is 1. The van der Waals surface area contributed by atoms with Gasteiger partial charge in [0, 0.05) is 30.9 Å². The molecule has 14 heavy (non-hydrogen) atoms. The monoisotopic (exact) mass is 190 g/mol. The van der Waals surface area contributed by atoms with Crippen molar-refractivity contribution in [3.8, 4) is 0 Å². The average Bonchev–Trinajstić information content (AvgIpc) is 2.18. The molecule has 2 rings (SSSR count). The molecule has 1 N–H and O–H groups in total. The molecule has 1 aliphatic heterocycles. The first-order valence-electron chi connectivity index (χ1n) is 5.32. The molecule has 1 aliphatic rings. The summed E-state index contributed by atoms with van der Waals surface area (Å²) < 4.78 is 0. The van der Waals surface area contributed by atoms with E-state index in [4.69, 9.17) is 0 Å². The summed E-state index contributed by atoms with van der Waals surface area (Å²) in [6.45, 7) is 6.69. The van der Waals surface area contributed by atoms with Gasteiger partial charge in [-0.2, -0.15) is 0 Å². The minimum atomic E-state index is 0.582. The van der Waals surface area contributed by atoms with Crippen LogP contribution in [-0.2, 0) is 0 Å². The number of nitrogens with one attached hydrogen (secondary N) is 1. The van der Waals surface area contributed by atoms with E-state index in [2.05, 4.69) is 54.4 Å². The first-order valence-corrected chi connectivity index (χ1v) is 5.32. The lowest BCUT2D eigenvalue weighted by atomic mass is 10.1.